The van der Waals surface area contributed by atoms with Gasteiger partial charge in [0.15, 0.2) is 9.84 Å². The predicted octanol–water partition coefficient (Wildman–Crippen LogP) is 0.410. The van der Waals surface area contributed by atoms with E-state index in [0.29, 0.717) is 18.9 Å². The average Bonchev–Trinajstić information content (AvgIpc) is 3.07. The summed E-state index contributed by atoms with van der Waals surface area (Å²) in [6, 6.07) is -0.0278. The van der Waals surface area contributed by atoms with Crippen LogP contribution in [0.2, 0.25) is 0 Å². The van der Waals surface area contributed by atoms with Gasteiger partial charge in [0.25, 0.3) is 0 Å². The summed E-state index contributed by atoms with van der Waals surface area (Å²) >= 11 is 0. The molecule has 0 aromatic heterocycles. The van der Waals surface area contributed by atoms with Gasteiger partial charge >= 0.3 is 0 Å². The monoisotopic (exact) mass is 288 g/mol. The maximum Gasteiger partial charge on any atom is 0.224 e. The van der Waals surface area contributed by atoms with Crippen molar-refractivity contribution in [2.45, 2.75) is 45.2 Å². The molecule has 1 aliphatic carbocycles. The Bertz CT molecular complexity index is 429. The van der Waals surface area contributed by atoms with Crippen molar-refractivity contribution in [1.29, 1.82) is 0 Å². The molecule has 5 nitrogen and oxygen atoms in total. The average molecular weight is 288 g/mol. The van der Waals surface area contributed by atoms with Gasteiger partial charge in [-0.15, -0.1) is 0 Å². The minimum atomic E-state index is -2.97. The lowest BCUT2D eigenvalue weighted by Crippen LogP contribution is -2.49. The Labute approximate surface area is 115 Å². The molecule has 6 heteroatoms. The van der Waals surface area contributed by atoms with Gasteiger partial charge in [-0.05, 0) is 32.6 Å². The van der Waals surface area contributed by atoms with E-state index in [1.54, 1.807) is 0 Å². The molecule has 0 spiro atoms. The lowest BCUT2D eigenvalue weighted by atomic mass is 10.1. The van der Waals surface area contributed by atoms with Crippen molar-refractivity contribution in [3.8, 4) is 0 Å². The second-order valence-corrected chi connectivity index (χ2v) is 8.28. The Morgan fingerprint density at radius 2 is 2.05 bits per heavy atom. The molecule has 1 amide bonds. The van der Waals surface area contributed by atoms with Crippen LogP contribution in [-0.2, 0) is 14.6 Å². The maximum absolute atomic E-state index is 12.3. The summed E-state index contributed by atoms with van der Waals surface area (Å²) in [6.45, 7) is 5.33. The highest BCUT2D eigenvalue weighted by atomic mass is 32.2. The summed E-state index contributed by atoms with van der Waals surface area (Å²) < 4.78 is 23.1. The van der Waals surface area contributed by atoms with Crippen molar-refractivity contribution in [2.24, 2.45) is 5.92 Å². The number of rotatable bonds is 5. The van der Waals surface area contributed by atoms with E-state index in [4.69, 9.17) is 0 Å². The van der Waals surface area contributed by atoms with Crippen LogP contribution in [0.5, 0.6) is 0 Å². The zero-order valence-corrected chi connectivity index (χ0v) is 12.6. The highest BCUT2D eigenvalue weighted by Gasteiger charge is 2.31. The molecule has 1 heterocycles. The number of hydrogen-bond donors (Lipinski definition) is 1. The minimum Gasteiger partial charge on any atom is -0.340 e. The van der Waals surface area contributed by atoms with Crippen LogP contribution < -0.4 is 5.32 Å². The fourth-order valence-corrected chi connectivity index (χ4v) is 3.95. The molecule has 2 fully saturated rings. The van der Waals surface area contributed by atoms with Crippen LogP contribution in [0.3, 0.4) is 0 Å². The third-order valence-electron chi connectivity index (χ3n) is 3.82. The smallest absolute Gasteiger partial charge is 0.224 e. The van der Waals surface area contributed by atoms with Crippen LogP contribution in [0.1, 0.15) is 33.1 Å². The molecule has 110 valence electrons. The number of sulfone groups is 1. The van der Waals surface area contributed by atoms with Gasteiger partial charge in [-0.25, -0.2) is 8.42 Å². The van der Waals surface area contributed by atoms with Gasteiger partial charge in [0.2, 0.25) is 5.91 Å². The predicted molar refractivity (Wildman–Crippen MR) is 74.6 cm³/mol. The van der Waals surface area contributed by atoms with Gasteiger partial charge in [-0.2, -0.15) is 0 Å². The lowest BCUT2D eigenvalue weighted by molar-refractivity contribution is -0.133. The van der Waals surface area contributed by atoms with Gasteiger partial charge in [0.05, 0.1) is 11.5 Å². The molecule has 2 aliphatic rings. The highest BCUT2D eigenvalue weighted by molar-refractivity contribution is 7.91. The molecule has 0 aromatic carbocycles. The largest absolute Gasteiger partial charge is 0.340 e. The zero-order valence-electron chi connectivity index (χ0n) is 11.8. The minimum absolute atomic E-state index is 0.0801. The summed E-state index contributed by atoms with van der Waals surface area (Å²) in [7, 11) is -2.97. The Morgan fingerprint density at radius 3 is 2.58 bits per heavy atom. The first-order valence-corrected chi connectivity index (χ1v) is 8.93. The fraction of sp³-hybridized carbons (Fsp3) is 0.923. The van der Waals surface area contributed by atoms with Crippen molar-refractivity contribution in [1.82, 2.24) is 10.2 Å². The summed E-state index contributed by atoms with van der Waals surface area (Å²) in [5.74, 6) is 1.02. The van der Waals surface area contributed by atoms with Gasteiger partial charge < -0.3 is 10.2 Å². The summed E-state index contributed by atoms with van der Waals surface area (Å²) in [4.78, 5) is 14.2. The molecular formula is C13H24N2O3S. The van der Waals surface area contributed by atoms with E-state index >= 15 is 0 Å². The molecule has 0 aromatic rings. The molecule has 1 N–H and O–H groups in total. The number of carbonyl (C=O) groups excluding carboxylic acids is 1. The normalized spacial score (nSPS) is 26.4. The number of amides is 1. The van der Waals surface area contributed by atoms with Crippen LogP contribution in [-0.4, -0.2) is 55.9 Å². The topological polar surface area (TPSA) is 66.5 Å². The van der Waals surface area contributed by atoms with Crippen molar-refractivity contribution in [3.05, 3.63) is 0 Å². The first kappa shape index (κ1) is 14.8. The van der Waals surface area contributed by atoms with E-state index in [1.807, 2.05) is 18.7 Å². The Balaban J connectivity index is 1.90. The number of nitrogens with zero attached hydrogens (tertiary/aromatic N) is 1. The quantitative estimate of drug-likeness (QED) is 0.796. The second-order valence-electron chi connectivity index (χ2n) is 6.05. The van der Waals surface area contributed by atoms with E-state index in [1.165, 1.54) is 12.8 Å². The first-order valence-electron chi connectivity index (χ1n) is 7.10. The van der Waals surface area contributed by atoms with Gasteiger partial charge in [0, 0.05) is 31.6 Å². The molecule has 1 aliphatic heterocycles. The molecular weight excluding hydrogens is 264 g/mol. The molecule has 1 unspecified atom stereocenters. The molecule has 2 rings (SSSR count). The van der Waals surface area contributed by atoms with Gasteiger partial charge in [-0.1, -0.05) is 0 Å². The fourth-order valence-electron chi connectivity index (χ4n) is 2.51. The van der Waals surface area contributed by atoms with Crippen LogP contribution in [0.4, 0.5) is 0 Å². The van der Waals surface area contributed by atoms with Crippen molar-refractivity contribution in [3.63, 3.8) is 0 Å². The molecule has 1 atom stereocenters. The molecule has 1 saturated carbocycles. The third-order valence-corrected chi connectivity index (χ3v) is 5.55. The van der Waals surface area contributed by atoms with Crippen LogP contribution in [0.25, 0.3) is 0 Å². The SMILES string of the molecule is CC(C)N(CC1CC1)C(=O)CC1CS(=O)(=O)CCN1. The van der Waals surface area contributed by atoms with Gasteiger partial charge in [-0.3, -0.25) is 4.79 Å². The number of hydrogen-bond acceptors (Lipinski definition) is 4. The summed E-state index contributed by atoms with van der Waals surface area (Å²) in [5.41, 5.74) is 0. The molecule has 19 heavy (non-hydrogen) atoms. The number of carbonyl (C=O) groups is 1. The second kappa shape index (κ2) is 5.79. The van der Waals surface area contributed by atoms with Gasteiger partial charge in [0.1, 0.15) is 0 Å². The lowest BCUT2D eigenvalue weighted by Gasteiger charge is -2.30. The first-order chi connectivity index (χ1) is 8.87. The van der Waals surface area contributed by atoms with E-state index < -0.39 is 9.84 Å². The summed E-state index contributed by atoms with van der Waals surface area (Å²) in [5, 5.41) is 3.14. The van der Waals surface area contributed by atoms with Crippen LogP contribution >= 0.6 is 0 Å². The van der Waals surface area contributed by atoms with Crippen LogP contribution in [0.15, 0.2) is 0 Å². The van der Waals surface area contributed by atoms with E-state index in [2.05, 4.69) is 5.32 Å². The number of nitrogens with one attached hydrogen (secondary N) is 1. The third kappa shape index (κ3) is 4.45. The molecule has 0 bridgehead atoms. The van der Waals surface area contributed by atoms with Crippen molar-refractivity contribution >= 4 is 15.7 Å². The Kier molecular flexibility index (Phi) is 4.50. The summed E-state index contributed by atoms with van der Waals surface area (Å²) in [6.07, 6.45) is 2.73. The standard InChI is InChI=1S/C13H24N2O3S/c1-10(2)15(8-11-3-4-11)13(16)7-12-9-19(17,18)6-5-14-12/h10-12,14H,3-9H2,1-2H3. The van der Waals surface area contributed by atoms with E-state index in [0.717, 1.165) is 6.54 Å². The highest BCUT2D eigenvalue weighted by Crippen LogP contribution is 2.30. The van der Waals surface area contributed by atoms with Crippen molar-refractivity contribution < 1.29 is 13.2 Å². The Hall–Kier alpha value is -0.620. The molecule has 0 radical (unpaired) electrons. The van der Waals surface area contributed by atoms with E-state index in [-0.39, 0.29) is 29.5 Å². The van der Waals surface area contributed by atoms with E-state index in [9.17, 15) is 13.2 Å². The van der Waals surface area contributed by atoms with Crippen molar-refractivity contribution in [2.75, 3.05) is 24.6 Å². The van der Waals surface area contributed by atoms with Crippen LogP contribution in [0, 0.1) is 5.92 Å². The zero-order chi connectivity index (χ0) is 14.0. The molecule has 1 saturated heterocycles. The maximum atomic E-state index is 12.3. The Morgan fingerprint density at radius 1 is 1.37 bits per heavy atom.